The van der Waals surface area contributed by atoms with E-state index in [4.69, 9.17) is 26.1 Å². The number of ether oxygens (including phenoxy) is 1. The first-order chi connectivity index (χ1) is 13.1. The van der Waals surface area contributed by atoms with Gasteiger partial charge in [-0.25, -0.2) is 4.99 Å². The van der Waals surface area contributed by atoms with Crippen LogP contribution in [0.15, 0.2) is 52.9 Å². The zero-order valence-electron chi connectivity index (χ0n) is 15.7. The lowest BCUT2D eigenvalue weighted by Crippen LogP contribution is -2.29. The Bertz CT molecular complexity index is 717. The molecule has 1 aromatic carbocycles. The molecule has 0 aromatic heterocycles. The molecule has 5 N–H and O–H groups in total. The number of nitrogens with zero attached hydrogens (tertiary/aromatic N) is 2. The fourth-order valence-electron chi connectivity index (χ4n) is 2.62. The van der Waals surface area contributed by atoms with Crippen LogP contribution in [0.25, 0.3) is 0 Å². The van der Waals surface area contributed by atoms with E-state index < -0.39 is 0 Å². The molecule has 7 heteroatoms. The Kier molecular flexibility index (Phi) is 8.03. The number of hydrogen-bond acceptors (Lipinski definition) is 7. The number of aliphatic hydroxyl groups is 2. The second-order valence-corrected chi connectivity index (χ2v) is 6.17. The maximum atomic E-state index is 9.15. The molecule has 0 spiro atoms. The van der Waals surface area contributed by atoms with E-state index in [2.05, 4.69) is 11.9 Å². The molecule has 0 atom stereocenters. The fourth-order valence-corrected chi connectivity index (χ4v) is 2.62. The quantitative estimate of drug-likeness (QED) is 0.371. The number of hydrogen-bond donors (Lipinski definition) is 4. The van der Waals surface area contributed by atoms with Crippen molar-refractivity contribution >= 4 is 22.8 Å². The monoisotopic (exact) mass is 372 g/mol. The third kappa shape index (κ3) is 5.94. The molecule has 1 aliphatic rings. The minimum atomic E-state index is 0.0168. The van der Waals surface area contributed by atoms with Crippen LogP contribution in [0.5, 0.6) is 0 Å². The number of rotatable bonds is 10. The highest BCUT2D eigenvalue weighted by molar-refractivity contribution is 6.22. The van der Waals surface area contributed by atoms with E-state index in [1.807, 2.05) is 29.2 Å². The third-order valence-corrected chi connectivity index (χ3v) is 4.09. The maximum Gasteiger partial charge on any atom is 0.146 e. The Morgan fingerprint density at radius 1 is 1.11 bits per heavy atom. The molecule has 7 nitrogen and oxygen atoms in total. The smallest absolute Gasteiger partial charge is 0.146 e. The maximum absolute atomic E-state index is 9.15. The Morgan fingerprint density at radius 2 is 1.78 bits per heavy atom. The molecule has 0 amide bonds. The fraction of sp³-hybridized carbons (Fsp3) is 0.400. The van der Waals surface area contributed by atoms with Crippen molar-refractivity contribution in [3.63, 3.8) is 0 Å². The van der Waals surface area contributed by atoms with E-state index in [-0.39, 0.29) is 18.9 Å². The van der Waals surface area contributed by atoms with Crippen molar-refractivity contribution in [1.82, 2.24) is 0 Å². The van der Waals surface area contributed by atoms with Gasteiger partial charge in [-0.2, -0.15) is 0 Å². The number of aliphatic imine (C=N–C) groups is 1. The van der Waals surface area contributed by atoms with E-state index in [0.29, 0.717) is 36.9 Å². The van der Waals surface area contributed by atoms with Gasteiger partial charge in [-0.15, -0.1) is 0 Å². The summed E-state index contributed by atoms with van der Waals surface area (Å²) in [5.41, 5.74) is 8.87. The van der Waals surface area contributed by atoms with Crippen LogP contribution in [0.3, 0.4) is 0 Å². The Balaban J connectivity index is 2.18. The first-order valence-electron chi connectivity index (χ1n) is 9.15. The normalized spacial score (nSPS) is 15.5. The molecule has 0 bridgehead atoms. The third-order valence-electron chi connectivity index (χ3n) is 4.09. The van der Waals surface area contributed by atoms with Gasteiger partial charge in [0.1, 0.15) is 5.76 Å². The molecule has 0 fully saturated rings. The average Bonchev–Trinajstić information content (AvgIpc) is 2.66. The molecule has 0 unspecified atom stereocenters. The molecule has 0 radical (unpaired) electrons. The molecule has 0 aliphatic heterocycles. The zero-order chi connectivity index (χ0) is 19.6. The summed E-state index contributed by atoms with van der Waals surface area (Å²) in [4.78, 5) is 6.45. The lowest BCUT2D eigenvalue weighted by molar-refractivity contribution is 0.226. The molecule has 0 saturated carbocycles. The summed E-state index contributed by atoms with van der Waals surface area (Å²) in [5, 5.41) is 26.3. The number of nitrogens with one attached hydrogen (secondary N) is 1. The van der Waals surface area contributed by atoms with E-state index in [1.165, 1.54) is 0 Å². The summed E-state index contributed by atoms with van der Waals surface area (Å²) in [6, 6.07) is 7.47. The second-order valence-electron chi connectivity index (χ2n) is 6.17. The highest BCUT2D eigenvalue weighted by Crippen LogP contribution is 2.22. The number of aliphatic hydroxyl groups excluding tert-OH is 2. The first kappa shape index (κ1) is 20.7. The lowest BCUT2D eigenvalue weighted by Gasteiger charge is -2.22. The van der Waals surface area contributed by atoms with Gasteiger partial charge in [-0.3, -0.25) is 5.41 Å². The highest BCUT2D eigenvalue weighted by atomic mass is 16.5. The van der Waals surface area contributed by atoms with Gasteiger partial charge >= 0.3 is 0 Å². The number of allylic oxidation sites excluding steroid dienone is 2. The molecule has 27 heavy (non-hydrogen) atoms. The summed E-state index contributed by atoms with van der Waals surface area (Å²) < 4.78 is 5.66. The van der Waals surface area contributed by atoms with Crippen molar-refractivity contribution in [3.8, 4) is 0 Å². The van der Waals surface area contributed by atoms with Crippen LogP contribution in [0, 0.1) is 5.41 Å². The number of unbranched alkanes of at least 4 members (excludes halogenated alkanes) is 1. The van der Waals surface area contributed by atoms with Crippen molar-refractivity contribution < 1.29 is 14.9 Å². The lowest BCUT2D eigenvalue weighted by atomic mass is 10.1. The highest BCUT2D eigenvalue weighted by Gasteiger charge is 2.15. The Labute approximate surface area is 160 Å². The molecule has 0 heterocycles. The molecular weight excluding hydrogens is 344 g/mol. The van der Waals surface area contributed by atoms with E-state index in [1.54, 1.807) is 12.2 Å². The van der Waals surface area contributed by atoms with E-state index >= 15 is 0 Å². The number of nitrogens with two attached hydrogens (primary N) is 1. The van der Waals surface area contributed by atoms with Crippen molar-refractivity contribution in [2.24, 2.45) is 10.7 Å². The molecule has 2 rings (SSSR count). The topological polar surface area (TPSA) is 115 Å². The minimum absolute atomic E-state index is 0.0168. The van der Waals surface area contributed by atoms with Crippen LogP contribution in [-0.4, -0.2) is 54.5 Å². The van der Waals surface area contributed by atoms with Crippen LogP contribution in [-0.2, 0) is 4.74 Å². The van der Waals surface area contributed by atoms with Crippen LogP contribution < -0.4 is 10.6 Å². The molecular formula is C20H28N4O3. The van der Waals surface area contributed by atoms with Gasteiger partial charge in [0.2, 0.25) is 0 Å². The molecule has 1 aliphatic carbocycles. The van der Waals surface area contributed by atoms with Crippen LogP contribution in [0.2, 0.25) is 0 Å². The average molecular weight is 372 g/mol. The SMILES string of the molecule is CCCCOC1=CC(=Nc2ccc(N(CCO)CCO)cc2)C(N)=CC1=N. The summed E-state index contributed by atoms with van der Waals surface area (Å²) >= 11 is 0. The Morgan fingerprint density at radius 3 is 2.37 bits per heavy atom. The van der Waals surface area contributed by atoms with Crippen molar-refractivity contribution in [2.45, 2.75) is 19.8 Å². The van der Waals surface area contributed by atoms with Crippen molar-refractivity contribution in [3.05, 3.63) is 47.9 Å². The standard InChI is InChI=1S/C20H28N4O3/c1-2-3-12-27-20-14-19(17(21)13-18(20)22)23-15-4-6-16(7-5-15)24(8-10-25)9-11-26/h4-7,13-14,22,25-26H,2-3,8-12,21H2,1H3. The van der Waals surface area contributed by atoms with Crippen LogP contribution in [0.1, 0.15) is 19.8 Å². The van der Waals surface area contributed by atoms with Crippen LogP contribution >= 0.6 is 0 Å². The molecule has 146 valence electrons. The molecule has 1 aromatic rings. The zero-order valence-corrected chi connectivity index (χ0v) is 15.7. The summed E-state index contributed by atoms with van der Waals surface area (Å²) in [7, 11) is 0. The number of benzene rings is 1. The summed E-state index contributed by atoms with van der Waals surface area (Å²) in [6.07, 6.45) is 5.20. The number of anilines is 1. The van der Waals surface area contributed by atoms with Gasteiger partial charge in [0.25, 0.3) is 0 Å². The van der Waals surface area contributed by atoms with Gasteiger partial charge in [0.05, 0.1) is 42.6 Å². The first-order valence-corrected chi connectivity index (χ1v) is 9.15. The minimum Gasteiger partial charge on any atom is -0.491 e. The predicted octanol–water partition coefficient (Wildman–Crippen LogP) is 2.13. The summed E-state index contributed by atoms with van der Waals surface area (Å²) in [6.45, 7) is 3.58. The largest absolute Gasteiger partial charge is 0.491 e. The second kappa shape index (κ2) is 10.5. The van der Waals surface area contributed by atoms with Gasteiger partial charge in [-0.1, -0.05) is 13.3 Å². The molecule has 0 saturated heterocycles. The van der Waals surface area contributed by atoms with Gasteiger partial charge < -0.3 is 25.6 Å². The predicted molar refractivity (Wildman–Crippen MR) is 109 cm³/mol. The van der Waals surface area contributed by atoms with E-state index in [9.17, 15) is 0 Å². The van der Waals surface area contributed by atoms with Crippen molar-refractivity contribution in [1.29, 1.82) is 5.41 Å². The van der Waals surface area contributed by atoms with E-state index in [0.717, 1.165) is 24.2 Å². The Hall–Kier alpha value is -2.64. The van der Waals surface area contributed by atoms with Gasteiger partial charge in [0.15, 0.2) is 0 Å². The van der Waals surface area contributed by atoms with Crippen molar-refractivity contribution in [2.75, 3.05) is 37.8 Å². The summed E-state index contributed by atoms with van der Waals surface area (Å²) in [5.74, 6) is 0.477. The van der Waals surface area contributed by atoms with Gasteiger partial charge in [0, 0.05) is 24.9 Å². The van der Waals surface area contributed by atoms with Gasteiger partial charge in [-0.05, 0) is 36.8 Å². The van der Waals surface area contributed by atoms with Crippen LogP contribution in [0.4, 0.5) is 11.4 Å².